The van der Waals surface area contributed by atoms with Gasteiger partial charge in [-0.2, -0.15) is 0 Å². The number of hydrogen-bond acceptors (Lipinski definition) is 9. The highest BCUT2D eigenvalue weighted by atomic mass is 32.2. The van der Waals surface area contributed by atoms with Crippen LogP contribution in [0.15, 0.2) is 47.2 Å². The molecule has 3 aromatic heterocycles. The van der Waals surface area contributed by atoms with Crippen molar-refractivity contribution in [2.24, 2.45) is 0 Å². The van der Waals surface area contributed by atoms with Crippen LogP contribution in [0.1, 0.15) is 18.4 Å². The van der Waals surface area contributed by atoms with Gasteiger partial charge in [0.25, 0.3) is 0 Å². The van der Waals surface area contributed by atoms with E-state index in [1.165, 1.54) is 38.9 Å². The second-order valence-electron chi connectivity index (χ2n) is 7.55. The van der Waals surface area contributed by atoms with Gasteiger partial charge in [-0.3, -0.25) is 9.29 Å². The van der Waals surface area contributed by atoms with E-state index in [1.807, 2.05) is 0 Å². The summed E-state index contributed by atoms with van der Waals surface area (Å²) < 4.78 is 60.4. The lowest BCUT2D eigenvalue weighted by atomic mass is 10.2. The largest absolute Gasteiger partial charge is 0.494 e. The fourth-order valence-electron chi connectivity index (χ4n) is 3.37. The number of para-hydroxylation sites is 1. The van der Waals surface area contributed by atoms with Crippen LogP contribution in [-0.4, -0.2) is 52.6 Å². The first-order chi connectivity index (χ1) is 16.7. The lowest BCUT2D eigenvalue weighted by molar-refractivity contribution is 0.391. The second kappa shape index (κ2) is 9.70. The highest BCUT2D eigenvalue weighted by Gasteiger charge is 2.29. The first-order valence-corrected chi connectivity index (χ1v) is 12.0. The molecule has 0 fully saturated rings. The van der Waals surface area contributed by atoms with Crippen LogP contribution in [0.25, 0.3) is 17.3 Å². The highest BCUT2D eigenvalue weighted by molar-refractivity contribution is 7.93. The molecule has 0 radical (unpaired) electrons. The molecule has 0 bridgehead atoms. The summed E-state index contributed by atoms with van der Waals surface area (Å²) in [4.78, 5) is 7.92. The van der Waals surface area contributed by atoms with Gasteiger partial charge < -0.3 is 13.9 Å². The Hall–Kier alpha value is -4.00. The fraction of sp³-hybridized carbons (Fsp3) is 0.273. The molecule has 1 N–H and O–H groups in total. The summed E-state index contributed by atoms with van der Waals surface area (Å²) in [6.45, 7) is 2.97. The van der Waals surface area contributed by atoms with Crippen LogP contribution in [-0.2, 0) is 16.4 Å². The van der Waals surface area contributed by atoms with Gasteiger partial charge in [-0.05, 0) is 38.1 Å². The second-order valence-corrected chi connectivity index (χ2v) is 9.65. The Morgan fingerprint density at radius 3 is 2.46 bits per heavy atom. The number of methoxy groups -OCH3 is 2. The number of rotatable bonds is 9. The average molecular weight is 503 g/mol. The van der Waals surface area contributed by atoms with Gasteiger partial charge in [0.1, 0.15) is 23.0 Å². The van der Waals surface area contributed by atoms with Crippen LogP contribution in [0.5, 0.6) is 11.5 Å². The van der Waals surface area contributed by atoms with Crippen molar-refractivity contribution in [1.29, 1.82) is 0 Å². The number of aryl methyl sites for hydroxylation is 1. The molecule has 13 heteroatoms. The summed E-state index contributed by atoms with van der Waals surface area (Å²) in [5, 5.41) is 7.24. The van der Waals surface area contributed by atoms with Crippen LogP contribution < -0.4 is 14.2 Å². The number of aromatic nitrogens is 5. The number of ether oxygens (including phenoxy) is 2. The van der Waals surface area contributed by atoms with E-state index in [-0.39, 0.29) is 29.7 Å². The lowest BCUT2D eigenvalue weighted by Crippen LogP contribution is -2.29. The Morgan fingerprint density at radius 1 is 1.14 bits per heavy atom. The number of benzene rings is 1. The van der Waals surface area contributed by atoms with Crippen LogP contribution in [0, 0.1) is 12.7 Å². The lowest BCUT2D eigenvalue weighted by Gasteiger charge is -2.18. The molecular formula is C22H23FN6O5S. The molecule has 184 valence electrons. The quantitative estimate of drug-likeness (QED) is 0.366. The predicted octanol–water partition coefficient (Wildman–Crippen LogP) is 3.15. The number of halogens is 1. The molecule has 1 unspecified atom stereocenters. The Morgan fingerprint density at radius 2 is 1.86 bits per heavy atom. The number of anilines is 1. The number of nitrogens with zero attached hydrogens (tertiary/aromatic N) is 5. The first-order valence-electron chi connectivity index (χ1n) is 10.5. The standard InChI is InChI=1S/C22H23FN6O5S/c1-13(11-19-24-12-15(23)14(2)25-19)35(30,31)28-22-27-26-21(18-9-6-10-34-18)29(22)20-16(32-3)7-5-8-17(20)33-4/h5-10,12-13H,11H2,1-4H3,(H,27,28). The predicted molar refractivity (Wildman–Crippen MR) is 125 cm³/mol. The number of hydrogen-bond donors (Lipinski definition) is 1. The molecule has 35 heavy (non-hydrogen) atoms. The molecule has 0 amide bonds. The van der Waals surface area contributed by atoms with E-state index in [9.17, 15) is 12.8 Å². The summed E-state index contributed by atoms with van der Waals surface area (Å²) >= 11 is 0. The van der Waals surface area contributed by atoms with Crippen molar-refractivity contribution in [2.75, 3.05) is 18.9 Å². The van der Waals surface area contributed by atoms with Crippen molar-refractivity contribution in [2.45, 2.75) is 25.5 Å². The van der Waals surface area contributed by atoms with E-state index in [4.69, 9.17) is 13.9 Å². The maximum Gasteiger partial charge on any atom is 0.243 e. The summed E-state index contributed by atoms with van der Waals surface area (Å²) in [6.07, 6.45) is 2.43. The van der Waals surface area contributed by atoms with Gasteiger partial charge in [-0.15, -0.1) is 10.2 Å². The van der Waals surface area contributed by atoms with E-state index in [2.05, 4.69) is 24.9 Å². The van der Waals surface area contributed by atoms with Crippen molar-refractivity contribution in [3.05, 3.63) is 60.1 Å². The maximum atomic E-state index is 13.5. The SMILES string of the molecule is COc1cccc(OC)c1-n1c(NS(=O)(=O)C(C)Cc2ncc(F)c(C)n2)nnc1-c1ccco1. The van der Waals surface area contributed by atoms with Crippen molar-refractivity contribution in [3.8, 4) is 28.8 Å². The number of sulfonamides is 1. The third-order valence-electron chi connectivity index (χ3n) is 5.23. The molecule has 4 aromatic rings. The van der Waals surface area contributed by atoms with Crippen LogP contribution in [0.2, 0.25) is 0 Å². The third kappa shape index (κ3) is 4.80. The summed E-state index contributed by atoms with van der Waals surface area (Å²) in [5.41, 5.74) is 0.510. The Labute approximate surface area is 201 Å². The Kier molecular flexibility index (Phi) is 6.69. The minimum Gasteiger partial charge on any atom is -0.494 e. The zero-order valence-corrected chi connectivity index (χ0v) is 20.2. The summed E-state index contributed by atoms with van der Waals surface area (Å²) in [6, 6.07) is 8.45. The molecule has 0 saturated carbocycles. The van der Waals surface area contributed by atoms with Gasteiger partial charge in [-0.1, -0.05) is 6.07 Å². The molecule has 0 aliphatic heterocycles. The monoisotopic (exact) mass is 502 g/mol. The van der Waals surface area contributed by atoms with Crippen LogP contribution in [0.4, 0.5) is 10.3 Å². The first kappa shape index (κ1) is 24.1. The molecule has 0 saturated heterocycles. The molecule has 1 atom stereocenters. The van der Waals surface area contributed by atoms with Gasteiger partial charge in [-0.25, -0.2) is 22.8 Å². The average Bonchev–Trinajstić information content (AvgIpc) is 3.50. The minimum atomic E-state index is -4.02. The molecule has 11 nitrogen and oxygen atoms in total. The molecular weight excluding hydrogens is 479 g/mol. The van der Waals surface area contributed by atoms with E-state index >= 15 is 0 Å². The van der Waals surface area contributed by atoms with Crippen LogP contribution in [0.3, 0.4) is 0 Å². The topological polar surface area (TPSA) is 134 Å². The summed E-state index contributed by atoms with van der Waals surface area (Å²) in [5.74, 6) is 0.876. The van der Waals surface area contributed by atoms with Crippen LogP contribution >= 0.6 is 0 Å². The normalized spacial score (nSPS) is 12.4. The molecule has 3 heterocycles. The molecule has 4 rings (SSSR count). The number of furan rings is 1. The van der Waals surface area contributed by atoms with Crippen molar-refractivity contribution >= 4 is 16.0 Å². The Bertz CT molecular complexity index is 1420. The van der Waals surface area contributed by atoms with E-state index in [0.717, 1.165) is 6.20 Å². The van der Waals surface area contributed by atoms with Crippen molar-refractivity contribution in [1.82, 2.24) is 24.7 Å². The van der Waals surface area contributed by atoms with E-state index in [0.29, 0.717) is 22.9 Å². The Balaban J connectivity index is 1.76. The minimum absolute atomic E-state index is 0.0480. The van der Waals surface area contributed by atoms with Gasteiger partial charge in [0.2, 0.25) is 21.8 Å². The van der Waals surface area contributed by atoms with E-state index in [1.54, 1.807) is 30.3 Å². The highest BCUT2D eigenvalue weighted by Crippen LogP contribution is 2.37. The molecule has 0 aliphatic carbocycles. The van der Waals surface area contributed by atoms with Gasteiger partial charge >= 0.3 is 0 Å². The smallest absolute Gasteiger partial charge is 0.243 e. The van der Waals surface area contributed by atoms with Gasteiger partial charge in [0, 0.05) is 6.42 Å². The summed E-state index contributed by atoms with van der Waals surface area (Å²) in [7, 11) is -1.06. The van der Waals surface area contributed by atoms with Gasteiger partial charge in [0.05, 0.1) is 37.6 Å². The number of nitrogens with one attached hydrogen (secondary N) is 1. The van der Waals surface area contributed by atoms with E-state index < -0.39 is 21.1 Å². The van der Waals surface area contributed by atoms with Gasteiger partial charge in [0.15, 0.2) is 11.6 Å². The van der Waals surface area contributed by atoms with Crippen molar-refractivity contribution in [3.63, 3.8) is 0 Å². The maximum absolute atomic E-state index is 13.5. The molecule has 1 aromatic carbocycles. The zero-order valence-electron chi connectivity index (χ0n) is 19.4. The third-order valence-corrected chi connectivity index (χ3v) is 6.93. The zero-order chi connectivity index (χ0) is 25.2. The molecule has 0 aliphatic rings. The molecule has 0 spiro atoms. The van der Waals surface area contributed by atoms with Crippen molar-refractivity contribution < 1.29 is 26.7 Å². The fourth-order valence-corrected chi connectivity index (χ4v) is 4.33.